The van der Waals surface area contributed by atoms with E-state index in [-0.39, 0.29) is 17.5 Å². The first-order chi connectivity index (χ1) is 16.1. The summed E-state index contributed by atoms with van der Waals surface area (Å²) in [5.41, 5.74) is 7.17. The van der Waals surface area contributed by atoms with Crippen LogP contribution in [0.5, 0.6) is 0 Å². The first-order valence-corrected chi connectivity index (χ1v) is 11.5. The molecule has 4 aromatic rings. The highest BCUT2D eigenvalue weighted by atomic mass is 15.5. The predicted octanol–water partition coefficient (Wildman–Crippen LogP) is 7.67. The van der Waals surface area contributed by atoms with Gasteiger partial charge in [0, 0.05) is 28.8 Å². The summed E-state index contributed by atoms with van der Waals surface area (Å²) in [6, 6.07) is 32.3. The van der Waals surface area contributed by atoms with Gasteiger partial charge in [0.15, 0.2) is 5.82 Å². The molecule has 2 unspecified atom stereocenters. The van der Waals surface area contributed by atoms with Gasteiger partial charge in [0.05, 0.1) is 11.4 Å². The van der Waals surface area contributed by atoms with Crippen LogP contribution in [-0.2, 0) is 0 Å². The van der Waals surface area contributed by atoms with E-state index in [0.29, 0.717) is 0 Å². The molecule has 2 aliphatic heterocycles. The molecular formula is C30H27N3. The maximum atomic E-state index is 4.90. The number of fused-ring (bicyclic) bond motifs is 5. The maximum absolute atomic E-state index is 4.90. The number of allylic oxidation sites excluding steroid dienone is 1. The van der Waals surface area contributed by atoms with E-state index in [4.69, 9.17) is 4.98 Å². The molecule has 0 spiro atoms. The minimum Gasteiger partial charge on any atom is -0.316 e. The van der Waals surface area contributed by atoms with Crippen LogP contribution < -0.4 is 9.80 Å². The first kappa shape index (κ1) is 19.8. The van der Waals surface area contributed by atoms with Gasteiger partial charge in [-0.2, -0.15) is 0 Å². The summed E-state index contributed by atoms with van der Waals surface area (Å²) in [6.45, 7) is 8.97. The zero-order valence-corrected chi connectivity index (χ0v) is 19.0. The Hall–Kier alpha value is -3.85. The van der Waals surface area contributed by atoms with Crippen molar-refractivity contribution in [3.63, 3.8) is 0 Å². The third-order valence-electron chi connectivity index (χ3n) is 7.23. The van der Waals surface area contributed by atoms with Gasteiger partial charge in [-0.1, -0.05) is 86.7 Å². The molecule has 0 bridgehead atoms. The normalized spacial score (nSPS) is 20.1. The van der Waals surface area contributed by atoms with Crippen LogP contribution in [0.25, 0.3) is 11.1 Å². The van der Waals surface area contributed by atoms with E-state index in [1.807, 2.05) is 12.3 Å². The molecule has 0 fully saturated rings. The van der Waals surface area contributed by atoms with Crippen molar-refractivity contribution in [3.05, 3.63) is 115 Å². The molecule has 3 heterocycles. The summed E-state index contributed by atoms with van der Waals surface area (Å²) in [5, 5.41) is 0. The fraction of sp³-hybridized carbons (Fsp3) is 0.167. The molecule has 2 aliphatic rings. The summed E-state index contributed by atoms with van der Waals surface area (Å²) in [7, 11) is 0. The van der Waals surface area contributed by atoms with Crippen LogP contribution in [0.3, 0.4) is 0 Å². The predicted molar refractivity (Wildman–Crippen MR) is 137 cm³/mol. The van der Waals surface area contributed by atoms with E-state index in [1.165, 1.54) is 28.1 Å². The van der Waals surface area contributed by atoms with E-state index >= 15 is 0 Å². The summed E-state index contributed by atoms with van der Waals surface area (Å²) in [5.74, 6) is 1.23. The van der Waals surface area contributed by atoms with E-state index in [1.54, 1.807) is 0 Å². The van der Waals surface area contributed by atoms with Gasteiger partial charge in [-0.05, 0) is 35.4 Å². The van der Waals surface area contributed by atoms with E-state index in [9.17, 15) is 0 Å². The monoisotopic (exact) mass is 429 g/mol. The Labute approximate surface area is 195 Å². The van der Waals surface area contributed by atoms with Crippen molar-refractivity contribution in [2.45, 2.75) is 25.9 Å². The SMILES string of the molecule is C=CC1c2ccccc2N2c3ncccc3N(c3ccccc3-c3ccccc3)C2C1(C)C. The maximum Gasteiger partial charge on any atom is 0.158 e. The number of benzene rings is 3. The molecule has 0 N–H and O–H groups in total. The highest BCUT2D eigenvalue weighted by Crippen LogP contribution is 2.60. The van der Waals surface area contributed by atoms with E-state index in [0.717, 1.165) is 11.5 Å². The van der Waals surface area contributed by atoms with E-state index in [2.05, 4.69) is 121 Å². The van der Waals surface area contributed by atoms with Gasteiger partial charge in [-0.3, -0.25) is 0 Å². The number of anilines is 4. The lowest BCUT2D eigenvalue weighted by Crippen LogP contribution is -2.54. The Morgan fingerprint density at radius 3 is 2.21 bits per heavy atom. The first-order valence-electron chi connectivity index (χ1n) is 11.5. The molecule has 162 valence electrons. The summed E-state index contributed by atoms with van der Waals surface area (Å²) in [6.07, 6.45) is 4.08. The molecule has 0 saturated carbocycles. The van der Waals surface area contributed by atoms with Gasteiger partial charge in [0.25, 0.3) is 0 Å². The van der Waals surface area contributed by atoms with Crippen LogP contribution in [0.1, 0.15) is 25.3 Å². The van der Waals surface area contributed by atoms with Gasteiger partial charge >= 0.3 is 0 Å². The van der Waals surface area contributed by atoms with Crippen molar-refractivity contribution >= 4 is 22.9 Å². The van der Waals surface area contributed by atoms with Crippen molar-refractivity contribution in [1.82, 2.24) is 4.98 Å². The number of pyridine rings is 1. The Morgan fingerprint density at radius 1 is 0.758 bits per heavy atom. The van der Waals surface area contributed by atoms with Crippen LogP contribution in [0, 0.1) is 5.41 Å². The average Bonchev–Trinajstić information content (AvgIpc) is 3.21. The second-order valence-corrected chi connectivity index (χ2v) is 9.44. The fourth-order valence-corrected chi connectivity index (χ4v) is 5.81. The molecule has 0 radical (unpaired) electrons. The zero-order valence-electron chi connectivity index (χ0n) is 19.0. The smallest absolute Gasteiger partial charge is 0.158 e. The van der Waals surface area contributed by atoms with Crippen LogP contribution in [0.2, 0.25) is 0 Å². The molecule has 2 atom stereocenters. The van der Waals surface area contributed by atoms with Gasteiger partial charge < -0.3 is 9.80 Å². The van der Waals surface area contributed by atoms with Gasteiger partial charge in [-0.25, -0.2) is 4.98 Å². The molecule has 3 nitrogen and oxygen atoms in total. The van der Waals surface area contributed by atoms with Crippen LogP contribution in [-0.4, -0.2) is 11.1 Å². The fourth-order valence-electron chi connectivity index (χ4n) is 5.81. The third-order valence-corrected chi connectivity index (χ3v) is 7.23. The van der Waals surface area contributed by atoms with Gasteiger partial charge in [-0.15, -0.1) is 6.58 Å². The molecule has 6 rings (SSSR count). The van der Waals surface area contributed by atoms with Crippen molar-refractivity contribution in [2.24, 2.45) is 5.41 Å². The number of aromatic nitrogens is 1. The van der Waals surface area contributed by atoms with Crippen LogP contribution >= 0.6 is 0 Å². The standard InChI is InChI=1S/C30H27N3/c1-4-24-23-16-9-11-18-26(23)33-28-27(19-12-20-31-28)32(29(33)30(24,2)3)25-17-10-8-15-22(25)21-13-6-5-7-14-21/h4-20,24,29H,1H2,2-3H3. The second-order valence-electron chi connectivity index (χ2n) is 9.44. The number of hydrogen-bond acceptors (Lipinski definition) is 3. The molecule has 3 aromatic carbocycles. The Bertz CT molecular complexity index is 1340. The van der Waals surface area contributed by atoms with Gasteiger partial charge in [0.2, 0.25) is 0 Å². The number of para-hydroxylation sites is 2. The molecule has 3 heteroatoms. The Morgan fingerprint density at radius 2 is 1.42 bits per heavy atom. The number of nitrogens with zero attached hydrogens (tertiary/aromatic N) is 3. The highest BCUT2D eigenvalue weighted by molar-refractivity contribution is 5.92. The highest BCUT2D eigenvalue weighted by Gasteiger charge is 2.54. The number of rotatable bonds is 3. The largest absolute Gasteiger partial charge is 0.316 e. The second kappa shape index (κ2) is 7.35. The number of hydrogen-bond donors (Lipinski definition) is 0. The third kappa shape index (κ3) is 2.78. The molecule has 0 saturated heterocycles. The lowest BCUT2D eigenvalue weighted by Gasteiger charge is -2.51. The van der Waals surface area contributed by atoms with Crippen LogP contribution in [0.15, 0.2) is 110 Å². The Kier molecular flexibility index (Phi) is 4.41. The van der Waals surface area contributed by atoms with Crippen molar-refractivity contribution in [2.75, 3.05) is 9.80 Å². The Balaban J connectivity index is 1.64. The topological polar surface area (TPSA) is 19.4 Å². The summed E-state index contributed by atoms with van der Waals surface area (Å²) < 4.78 is 0. The van der Waals surface area contributed by atoms with Crippen LogP contribution in [0.4, 0.5) is 22.9 Å². The minimum absolute atomic E-state index is 0.0603. The van der Waals surface area contributed by atoms with Crippen molar-refractivity contribution in [1.29, 1.82) is 0 Å². The molecule has 1 aromatic heterocycles. The molecule has 0 amide bonds. The lowest BCUT2D eigenvalue weighted by atomic mass is 9.68. The molecular weight excluding hydrogens is 402 g/mol. The average molecular weight is 430 g/mol. The van der Waals surface area contributed by atoms with Gasteiger partial charge in [0.1, 0.15) is 6.17 Å². The quantitative estimate of drug-likeness (QED) is 0.311. The zero-order chi connectivity index (χ0) is 22.6. The van der Waals surface area contributed by atoms with Crippen molar-refractivity contribution < 1.29 is 0 Å². The lowest BCUT2D eigenvalue weighted by molar-refractivity contribution is 0.248. The summed E-state index contributed by atoms with van der Waals surface area (Å²) >= 11 is 0. The van der Waals surface area contributed by atoms with Crippen molar-refractivity contribution in [3.8, 4) is 11.1 Å². The summed E-state index contributed by atoms with van der Waals surface area (Å²) in [4.78, 5) is 9.83. The molecule has 33 heavy (non-hydrogen) atoms. The molecule has 0 aliphatic carbocycles. The minimum atomic E-state index is -0.124. The van der Waals surface area contributed by atoms with E-state index < -0.39 is 0 Å².